The summed E-state index contributed by atoms with van der Waals surface area (Å²) in [5, 5.41) is 6.78. The minimum atomic E-state index is 0.486. The smallest absolute Gasteiger partial charge is 0.228 e. The number of hydrogen-bond donors (Lipinski definition) is 2. The molecule has 1 aliphatic heterocycles. The second-order valence-electron chi connectivity index (χ2n) is 13.8. The first kappa shape index (κ1) is 36.4. The molecule has 0 unspecified atom stereocenters. The lowest BCUT2D eigenvalue weighted by Crippen LogP contribution is -2.07. The third kappa shape index (κ3) is 7.55. The lowest BCUT2D eigenvalue weighted by atomic mass is 9.91. The molecule has 2 aliphatic rings. The van der Waals surface area contributed by atoms with E-state index in [2.05, 4.69) is 146 Å². The van der Waals surface area contributed by atoms with Crippen LogP contribution in [0.4, 0.5) is 11.6 Å². The van der Waals surface area contributed by atoms with Gasteiger partial charge in [-0.25, -0.2) is 9.97 Å². The van der Waals surface area contributed by atoms with E-state index in [1.807, 2.05) is 19.1 Å². The van der Waals surface area contributed by atoms with Gasteiger partial charge in [-0.05, 0) is 99.7 Å². The number of thiol groups is 1. The molecule has 55 heavy (non-hydrogen) atoms. The van der Waals surface area contributed by atoms with Crippen molar-refractivity contribution < 1.29 is 0 Å². The molecule has 270 valence electrons. The topological polar surface area (TPSA) is 37.8 Å². The fourth-order valence-electron chi connectivity index (χ4n) is 7.59. The zero-order valence-electron chi connectivity index (χ0n) is 31.1. The van der Waals surface area contributed by atoms with Crippen molar-refractivity contribution >= 4 is 58.4 Å². The summed E-state index contributed by atoms with van der Waals surface area (Å²) in [6, 6.07) is 34.8. The summed E-state index contributed by atoms with van der Waals surface area (Å²) in [4.78, 5) is 12.8. The maximum Gasteiger partial charge on any atom is 0.228 e. The molecule has 0 amide bonds. The number of nitrogens with one attached hydrogen (secondary N) is 1. The van der Waals surface area contributed by atoms with Gasteiger partial charge in [0, 0.05) is 21.6 Å². The van der Waals surface area contributed by atoms with E-state index < -0.39 is 0 Å². The number of rotatable bonds is 8. The maximum atomic E-state index is 5.35. The number of anilines is 2. The van der Waals surface area contributed by atoms with Gasteiger partial charge in [0.1, 0.15) is 5.03 Å². The van der Waals surface area contributed by atoms with Crippen LogP contribution in [0.3, 0.4) is 0 Å². The van der Waals surface area contributed by atoms with Crippen LogP contribution in [0.1, 0.15) is 48.4 Å². The number of allylic oxidation sites excluding steroid dienone is 9. The highest BCUT2D eigenvalue weighted by Gasteiger charge is 2.24. The van der Waals surface area contributed by atoms with Crippen molar-refractivity contribution in [2.75, 3.05) is 5.32 Å². The van der Waals surface area contributed by atoms with Gasteiger partial charge in [-0.3, -0.25) is 0 Å². The molecule has 0 fully saturated rings. The van der Waals surface area contributed by atoms with Crippen LogP contribution in [0.5, 0.6) is 0 Å². The Morgan fingerprint density at radius 1 is 0.800 bits per heavy atom. The predicted octanol–water partition coefficient (Wildman–Crippen LogP) is 14.3. The number of aromatic nitrogens is 2. The van der Waals surface area contributed by atoms with E-state index in [0.29, 0.717) is 11.0 Å². The molecule has 0 bridgehead atoms. The fourth-order valence-corrected chi connectivity index (χ4v) is 9.02. The highest BCUT2D eigenvalue weighted by Crippen LogP contribution is 2.48. The molecule has 6 aromatic rings. The van der Waals surface area contributed by atoms with E-state index in [1.165, 1.54) is 37.9 Å². The summed E-state index contributed by atoms with van der Waals surface area (Å²) < 4.78 is 0. The lowest BCUT2D eigenvalue weighted by molar-refractivity contribution is 0.986. The normalized spacial score (nSPS) is 14.9. The Hall–Kier alpha value is -5.62. The average Bonchev–Trinajstić information content (AvgIpc) is 3.32. The van der Waals surface area contributed by atoms with Crippen LogP contribution in [0.15, 0.2) is 168 Å². The molecule has 0 saturated heterocycles. The number of hydrogen-bond acceptors (Lipinski definition) is 5. The molecule has 3 nitrogen and oxygen atoms in total. The van der Waals surface area contributed by atoms with E-state index in [9.17, 15) is 0 Å². The number of aryl methyl sites for hydroxylation is 1. The first-order valence-corrected chi connectivity index (χ1v) is 20.2. The molecule has 2 heterocycles. The SMILES string of the molecule is C=C/C=C\C(=C/C)c1c(S)nc(Nc2c3c(c4ccccc4c2-c2ccccc2)SC(=C)CC/C=C\C3)nc1-c1ccc(-c2ccc3c(c2)C=CCC3)cc1. The van der Waals surface area contributed by atoms with Crippen LogP contribution in [-0.2, 0) is 12.8 Å². The fraction of sp³-hybridized carbons (Fsp3) is 0.120. The van der Waals surface area contributed by atoms with Crippen LogP contribution in [0, 0.1) is 0 Å². The summed E-state index contributed by atoms with van der Waals surface area (Å²) in [5.41, 5.74) is 13.1. The van der Waals surface area contributed by atoms with Crippen molar-refractivity contribution in [3.8, 4) is 33.5 Å². The van der Waals surface area contributed by atoms with Crippen LogP contribution >= 0.6 is 24.4 Å². The van der Waals surface area contributed by atoms with Crippen molar-refractivity contribution in [2.24, 2.45) is 0 Å². The summed E-state index contributed by atoms with van der Waals surface area (Å²) in [6.07, 6.45) is 21.8. The zero-order chi connectivity index (χ0) is 37.7. The Labute approximate surface area is 334 Å². The summed E-state index contributed by atoms with van der Waals surface area (Å²) in [5.74, 6) is 0.486. The van der Waals surface area contributed by atoms with Gasteiger partial charge in [-0.2, -0.15) is 0 Å². The Kier molecular flexibility index (Phi) is 10.8. The molecular formula is C50H43N3S2. The van der Waals surface area contributed by atoms with Crippen molar-refractivity contribution in [2.45, 2.75) is 48.9 Å². The van der Waals surface area contributed by atoms with Crippen molar-refractivity contribution in [1.82, 2.24) is 9.97 Å². The van der Waals surface area contributed by atoms with E-state index in [0.717, 1.165) is 81.8 Å². The van der Waals surface area contributed by atoms with Gasteiger partial charge in [0.05, 0.1) is 11.4 Å². The highest BCUT2D eigenvalue weighted by molar-refractivity contribution is 8.03. The standard InChI is InChI=1S/C50H43N3S2/c1-4-6-18-34(5-2)45-46(38-29-26-36(27-30-38)40-31-28-35-19-13-14-22-39(35)32-40)51-50(53-49(45)54)52-47-43-25-12-7-9-17-33(3)55-48(43)42-24-16-15-23-41(42)44(47)37-20-10-8-11-21-37/h4-8,10-12,14-16,18,20-24,26-32H,1,3,9,13,17,19,25H2,2H3,(H2,51,52,53,54)/b12-7-,18-6-,34-5+. The van der Waals surface area contributed by atoms with Gasteiger partial charge in [0.15, 0.2) is 0 Å². The second kappa shape index (κ2) is 16.4. The van der Waals surface area contributed by atoms with Crippen molar-refractivity contribution in [1.29, 1.82) is 0 Å². The zero-order valence-corrected chi connectivity index (χ0v) is 32.8. The second-order valence-corrected chi connectivity index (χ2v) is 15.4. The van der Waals surface area contributed by atoms with Crippen LogP contribution < -0.4 is 5.32 Å². The molecule has 0 atom stereocenters. The highest BCUT2D eigenvalue weighted by atomic mass is 32.2. The van der Waals surface area contributed by atoms with E-state index in [-0.39, 0.29) is 0 Å². The molecule has 0 radical (unpaired) electrons. The number of thioether (sulfide) groups is 1. The number of benzene rings is 5. The molecule has 0 spiro atoms. The average molecular weight is 750 g/mol. The summed E-state index contributed by atoms with van der Waals surface area (Å²) in [7, 11) is 0. The first-order chi connectivity index (χ1) is 27.0. The predicted molar refractivity (Wildman–Crippen MR) is 240 cm³/mol. The van der Waals surface area contributed by atoms with Crippen molar-refractivity contribution in [3.63, 3.8) is 0 Å². The van der Waals surface area contributed by atoms with Crippen molar-refractivity contribution in [3.05, 3.63) is 180 Å². The van der Waals surface area contributed by atoms with Crippen LogP contribution in [-0.4, -0.2) is 9.97 Å². The van der Waals surface area contributed by atoms with Gasteiger partial charge in [-0.1, -0.05) is 165 Å². The quantitative estimate of drug-likeness (QED) is 0.0703. The minimum Gasteiger partial charge on any atom is -0.323 e. The molecule has 1 N–H and O–H groups in total. The molecular weight excluding hydrogens is 707 g/mol. The molecule has 1 aromatic heterocycles. The van der Waals surface area contributed by atoms with Gasteiger partial charge in [0.2, 0.25) is 5.95 Å². The minimum absolute atomic E-state index is 0.486. The molecule has 5 aromatic carbocycles. The lowest BCUT2D eigenvalue weighted by Gasteiger charge is -2.23. The third-order valence-corrected chi connectivity index (χ3v) is 11.8. The van der Waals surface area contributed by atoms with Gasteiger partial charge in [-0.15, -0.1) is 12.6 Å². The maximum absolute atomic E-state index is 5.35. The van der Waals surface area contributed by atoms with Crippen LogP contribution in [0.2, 0.25) is 0 Å². The largest absolute Gasteiger partial charge is 0.323 e. The Morgan fingerprint density at radius 3 is 2.35 bits per heavy atom. The number of fused-ring (bicyclic) bond motifs is 4. The molecule has 5 heteroatoms. The monoisotopic (exact) mass is 749 g/mol. The molecule has 1 aliphatic carbocycles. The first-order valence-electron chi connectivity index (χ1n) is 18.9. The van der Waals surface area contributed by atoms with Gasteiger partial charge < -0.3 is 5.32 Å². The Bertz CT molecular complexity index is 2560. The molecule has 8 rings (SSSR count). The number of nitrogens with zero attached hydrogens (tertiary/aromatic N) is 2. The summed E-state index contributed by atoms with van der Waals surface area (Å²) in [6.45, 7) is 10.4. The van der Waals surface area contributed by atoms with Gasteiger partial charge in [0.25, 0.3) is 0 Å². The Balaban J connectivity index is 1.31. The van der Waals surface area contributed by atoms with E-state index in [4.69, 9.17) is 22.6 Å². The third-order valence-electron chi connectivity index (χ3n) is 10.3. The molecule has 0 saturated carbocycles. The Morgan fingerprint density at radius 2 is 1.55 bits per heavy atom. The van der Waals surface area contributed by atoms with E-state index in [1.54, 1.807) is 17.8 Å². The van der Waals surface area contributed by atoms with Gasteiger partial charge >= 0.3 is 0 Å². The summed E-state index contributed by atoms with van der Waals surface area (Å²) >= 11 is 6.87. The van der Waals surface area contributed by atoms with E-state index >= 15 is 0 Å². The van der Waals surface area contributed by atoms with Crippen LogP contribution in [0.25, 0.3) is 55.9 Å².